The zero-order chi connectivity index (χ0) is 12.9. The highest BCUT2D eigenvalue weighted by atomic mass is 32.2. The van der Waals surface area contributed by atoms with Crippen LogP contribution in [0.4, 0.5) is 0 Å². The molecule has 0 radical (unpaired) electrons. The van der Waals surface area contributed by atoms with E-state index in [9.17, 15) is 8.42 Å². The Kier molecular flexibility index (Phi) is 5.89. The SMILES string of the molecule is CNCC(C)S(=O)(=O)NCC1CCCCC1C. The molecular weight excluding hydrogens is 236 g/mol. The second kappa shape index (κ2) is 6.71. The number of hydrogen-bond acceptors (Lipinski definition) is 3. The van der Waals surface area contributed by atoms with Crippen LogP contribution in [0.5, 0.6) is 0 Å². The van der Waals surface area contributed by atoms with Crippen LogP contribution >= 0.6 is 0 Å². The van der Waals surface area contributed by atoms with Gasteiger partial charge in [0.05, 0.1) is 5.25 Å². The van der Waals surface area contributed by atoms with E-state index in [1.54, 1.807) is 14.0 Å². The fraction of sp³-hybridized carbons (Fsp3) is 1.00. The average Bonchev–Trinajstić information content (AvgIpc) is 2.28. The maximum Gasteiger partial charge on any atom is 0.215 e. The third-order valence-corrected chi connectivity index (χ3v) is 5.65. The molecule has 1 aliphatic rings. The highest BCUT2D eigenvalue weighted by molar-refractivity contribution is 7.90. The van der Waals surface area contributed by atoms with Gasteiger partial charge in [-0.15, -0.1) is 0 Å². The lowest BCUT2D eigenvalue weighted by atomic mass is 9.81. The van der Waals surface area contributed by atoms with Gasteiger partial charge in [-0.3, -0.25) is 0 Å². The van der Waals surface area contributed by atoms with Crippen molar-refractivity contribution < 1.29 is 8.42 Å². The van der Waals surface area contributed by atoms with Crippen LogP contribution in [0.25, 0.3) is 0 Å². The first-order valence-corrected chi connectivity index (χ1v) is 8.15. The number of sulfonamides is 1. The van der Waals surface area contributed by atoms with Gasteiger partial charge in [-0.05, 0) is 32.2 Å². The predicted molar refractivity (Wildman–Crippen MR) is 71.4 cm³/mol. The molecule has 0 aromatic heterocycles. The van der Waals surface area contributed by atoms with Gasteiger partial charge < -0.3 is 5.32 Å². The van der Waals surface area contributed by atoms with Gasteiger partial charge in [-0.1, -0.05) is 26.2 Å². The summed E-state index contributed by atoms with van der Waals surface area (Å²) in [5.41, 5.74) is 0. The van der Waals surface area contributed by atoms with Crippen LogP contribution in [-0.4, -0.2) is 33.8 Å². The van der Waals surface area contributed by atoms with Crippen molar-refractivity contribution in [3.8, 4) is 0 Å². The first kappa shape index (κ1) is 14.9. The van der Waals surface area contributed by atoms with Crippen LogP contribution in [0, 0.1) is 11.8 Å². The number of nitrogens with one attached hydrogen (secondary N) is 2. The molecule has 1 aliphatic carbocycles. The summed E-state index contributed by atoms with van der Waals surface area (Å²) in [5, 5.41) is 2.53. The third kappa shape index (κ3) is 4.56. The van der Waals surface area contributed by atoms with E-state index >= 15 is 0 Å². The van der Waals surface area contributed by atoms with Crippen molar-refractivity contribution in [2.45, 2.75) is 44.8 Å². The van der Waals surface area contributed by atoms with Crippen LogP contribution < -0.4 is 10.0 Å². The molecule has 1 rings (SSSR count). The second-order valence-corrected chi connectivity index (χ2v) is 7.47. The van der Waals surface area contributed by atoms with Gasteiger partial charge in [-0.2, -0.15) is 0 Å². The van der Waals surface area contributed by atoms with E-state index in [2.05, 4.69) is 17.0 Å². The molecule has 0 aromatic rings. The number of rotatable bonds is 6. The lowest BCUT2D eigenvalue weighted by molar-refractivity contribution is 0.257. The lowest BCUT2D eigenvalue weighted by Gasteiger charge is -2.29. The smallest absolute Gasteiger partial charge is 0.215 e. The van der Waals surface area contributed by atoms with Crippen molar-refractivity contribution in [3.63, 3.8) is 0 Å². The van der Waals surface area contributed by atoms with Crippen molar-refractivity contribution in [3.05, 3.63) is 0 Å². The van der Waals surface area contributed by atoms with Crippen molar-refractivity contribution >= 4 is 10.0 Å². The van der Waals surface area contributed by atoms with E-state index in [1.807, 2.05) is 0 Å². The molecule has 1 fully saturated rings. The van der Waals surface area contributed by atoms with Crippen LogP contribution in [0.1, 0.15) is 39.5 Å². The summed E-state index contributed by atoms with van der Waals surface area (Å²) < 4.78 is 26.6. The summed E-state index contributed by atoms with van der Waals surface area (Å²) in [6.45, 7) is 5.07. The van der Waals surface area contributed by atoms with E-state index in [0.717, 1.165) is 6.42 Å². The van der Waals surface area contributed by atoms with Crippen LogP contribution in [0.2, 0.25) is 0 Å². The van der Waals surface area contributed by atoms with Gasteiger partial charge in [0.25, 0.3) is 0 Å². The monoisotopic (exact) mass is 262 g/mol. The Morgan fingerprint density at radius 3 is 2.53 bits per heavy atom. The predicted octanol–water partition coefficient (Wildman–Crippen LogP) is 1.34. The van der Waals surface area contributed by atoms with Crippen molar-refractivity contribution in [2.75, 3.05) is 20.1 Å². The molecule has 4 nitrogen and oxygen atoms in total. The first-order valence-electron chi connectivity index (χ1n) is 6.60. The maximum atomic E-state index is 11.9. The maximum absolute atomic E-state index is 11.9. The Hall–Kier alpha value is -0.130. The Morgan fingerprint density at radius 2 is 1.94 bits per heavy atom. The number of hydrogen-bond donors (Lipinski definition) is 2. The Morgan fingerprint density at radius 1 is 1.29 bits per heavy atom. The average molecular weight is 262 g/mol. The van der Waals surface area contributed by atoms with Gasteiger partial charge in [-0.25, -0.2) is 13.1 Å². The van der Waals surface area contributed by atoms with Crippen LogP contribution in [-0.2, 0) is 10.0 Å². The largest absolute Gasteiger partial charge is 0.318 e. The summed E-state index contributed by atoms with van der Waals surface area (Å²) in [7, 11) is -1.38. The van der Waals surface area contributed by atoms with Gasteiger partial charge >= 0.3 is 0 Å². The molecular formula is C12H26N2O2S. The normalized spacial score (nSPS) is 27.9. The van der Waals surface area contributed by atoms with E-state index in [4.69, 9.17) is 0 Å². The molecule has 0 amide bonds. The molecule has 0 spiro atoms. The van der Waals surface area contributed by atoms with Crippen molar-refractivity contribution in [1.82, 2.24) is 10.0 Å². The molecule has 0 saturated heterocycles. The molecule has 0 bridgehead atoms. The van der Waals surface area contributed by atoms with Crippen molar-refractivity contribution in [1.29, 1.82) is 0 Å². The molecule has 2 N–H and O–H groups in total. The summed E-state index contributed by atoms with van der Waals surface area (Å²) in [6.07, 6.45) is 4.92. The third-order valence-electron chi connectivity index (χ3n) is 3.86. The zero-order valence-corrected chi connectivity index (χ0v) is 12.0. The summed E-state index contributed by atoms with van der Waals surface area (Å²) in [5.74, 6) is 1.16. The molecule has 5 heteroatoms. The second-order valence-electron chi connectivity index (χ2n) is 5.28. The first-order chi connectivity index (χ1) is 7.97. The molecule has 0 heterocycles. The minimum Gasteiger partial charge on any atom is -0.318 e. The van der Waals surface area contributed by atoms with Gasteiger partial charge in [0.1, 0.15) is 0 Å². The molecule has 0 aliphatic heterocycles. The highest BCUT2D eigenvalue weighted by Crippen LogP contribution is 2.29. The molecule has 3 atom stereocenters. The summed E-state index contributed by atoms with van der Waals surface area (Å²) in [6, 6.07) is 0. The molecule has 1 saturated carbocycles. The topological polar surface area (TPSA) is 58.2 Å². The Bertz CT molecular complexity index is 316. The minimum atomic E-state index is -3.16. The fourth-order valence-electron chi connectivity index (χ4n) is 2.46. The van der Waals surface area contributed by atoms with Crippen LogP contribution in [0.3, 0.4) is 0 Å². The molecule has 17 heavy (non-hydrogen) atoms. The summed E-state index contributed by atoms with van der Waals surface area (Å²) >= 11 is 0. The van der Waals surface area contributed by atoms with Gasteiger partial charge in [0.2, 0.25) is 10.0 Å². The lowest BCUT2D eigenvalue weighted by Crippen LogP contribution is -2.41. The quantitative estimate of drug-likeness (QED) is 0.759. The van der Waals surface area contributed by atoms with E-state index in [0.29, 0.717) is 24.9 Å². The minimum absolute atomic E-state index is 0.369. The highest BCUT2D eigenvalue weighted by Gasteiger charge is 2.25. The van der Waals surface area contributed by atoms with E-state index in [-0.39, 0.29) is 5.25 Å². The zero-order valence-electron chi connectivity index (χ0n) is 11.2. The Balaban J connectivity index is 2.43. The molecule has 102 valence electrons. The van der Waals surface area contributed by atoms with Gasteiger partial charge in [0, 0.05) is 13.1 Å². The van der Waals surface area contributed by atoms with E-state index in [1.165, 1.54) is 19.3 Å². The summed E-state index contributed by atoms with van der Waals surface area (Å²) in [4.78, 5) is 0. The molecule has 0 aromatic carbocycles. The Labute approximate surface area is 106 Å². The fourth-order valence-corrected chi connectivity index (χ4v) is 3.58. The van der Waals surface area contributed by atoms with E-state index < -0.39 is 10.0 Å². The van der Waals surface area contributed by atoms with Crippen LogP contribution in [0.15, 0.2) is 0 Å². The van der Waals surface area contributed by atoms with Gasteiger partial charge in [0.15, 0.2) is 0 Å². The van der Waals surface area contributed by atoms with Crippen molar-refractivity contribution in [2.24, 2.45) is 11.8 Å². The molecule has 3 unspecified atom stereocenters. The standard InChI is InChI=1S/C12H26N2O2S/c1-10-6-4-5-7-12(10)9-14-17(15,16)11(2)8-13-3/h10-14H,4-9H2,1-3H3.